The minimum absolute atomic E-state index is 0.101. The summed E-state index contributed by atoms with van der Waals surface area (Å²) in [5.41, 5.74) is 0.692. The fraction of sp³-hybridized carbons (Fsp3) is 0.500. The molecular formula is C18H22Cl2N4O2. The van der Waals surface area contributed by atoms with Crippen molar-refractivity contribution < 1.29 is 9.32 Å². The first-order valence-electron chi connectivity index (χ1n) is 8.85. The van der Waals surface area contributed by atoms with Gasteiger partial charge in [-0.25, -0.2) is 0 Å². The molecule has 0 spiro atoms. The van der Waals surface area contributed by atoms with Gasteiger partial charge in [0, 0.05) is 23.0 Å². The maximum absolute atomic E-state index is 12.0. The molecule has 2 heterocycles. The Morgan fingerprint density at radius 2 is 2.12 bits per heavy atom. The Labute approximate surface area is 162 Å². The van der Waals surface area contributed by atoms with Crippen molar-refractivity contribution in [3.63, 3.8) is 0 Å². The molecule has 1 aliphatic rings. The van der Waals surface area contributed by atoms with E-state index in [1.807, 2.05) is 0 Å². The standard InChI is InChI=1S/C18H22Cl2N4O2/c1-2-7-21-18(25)12-5-8-24(9-6-12)11-16-22-17(23-26-16)14-4-3-13(19)10-15(14)20/h3-4,10,12H,2,5-9,11H2,1H3,(H,21,25). The number of nitrogens with one attached hydrogen (secondary N) is 1. The molecule has 1 N–H and O–H groups in total. The summed E-state index contributed by atoms with van der Waals surface area (Å²) in [6.45, 7) is 5.05. The van der Waals surface area contributed by atoms with Crippen LogP contribution in [0.3, 0.4) is 0 Å². The number of hydrogen-bond donors (Lipinski definition) is 1. The molecule has 1 aromatic carbocycles. The topological polar surface area (TPSA) is 71.3 Å². The van der Waals surface area contributed by atoms with Gasteiger partial charge >= 0.3 is 0 Å². The van der Waals surface area contributed by atoms with Crippen LogP contribution in [-0.4, -0.2) is 40.6 Å². The lowest BCUT2D eigenvalue weighted by Crippen LogP contribution is -2.40. The summed E-state index contributed by atoms with van der Waals surface area (Å²) in [6, 6.07) is 5.18. The maximum Gasteiger partial charge on any atom is 0.241 e. The van der Waals surface area contributed by atoms with E-state index in [-0.39, 0.29) is 11.8 Å². The van der Waals surface area contributed by atoms with E-state index in [2.05, 4.69) is 27.3 Å². The Hall–Kier alpha value is -1.63. The SMILES string of the molecule is CCCNC(=O)C1CCN(Cc2nc(-c3ccc(Cl)cc3Cl)no2)CC1. The summed E-state index contributed by atoms with van der Waals surface area (Å²) in [4.78, 5) is 18.7. The monoisotopic (exact) mass is 396 g/mol. The Kier molecular flexibility index (Phi) is 6.51. The minimum Gasteiger partial charge on any atom is -0.356 e. The molecule has 1 saturated heterocycles. The van der Waals surface area contributed by atoms with E-state index in [4.69, 9.17) is 27.7 Å². The molecule has 26 heavy (non-hydrogen) atoms. The zero-order valence-electron chi connectivity index (χ0n) is 14.7. The number of aromatic nitrogens is 2. The average Bonchev–Trinajstić information content (AvgIpc) is 3.08. The number of carbonyl (C=O) groups excluding carboxylic acids is 1. The summed E-state index contributed by atoms with van der Waals surface area (Å²) in [7, 11) is 0. The number of amides is 1. The first-order valence-corrected chi connectivity index (χ1v) is 9.60. The van der Waals surface area contributed by atoms with E-state index in [9.17, 15) is 4.79 Å². The van der Waals surface area contributed by atoms with Crippen LogP contribution in [0.5, 0.6) is 0 Å². The predicted octanol–water partition coefficient (Wildman–Crippen LogP) is 3.78. The molecule has 0 radical (unpaired) electrons. The number of likely N-dealkylation sites (tertiary alicyclic amines) is 1. The first-order chi connectivity index (χ1) is 12.6. The van der Waals surface area contributed by atoms with Crippen LogP contribution < -0.4 is 5.32 Å². The maximum atomic E-state index is 12.0. The van der Waals surface area contributed by atoms with Gasteiger partial charge in [-0.1, -0.05) is 35.3 Å². The molecule has 0 saturated carbocycles. The summed E-state index contributed by atoms with van der Waals surface area (Å²) < 4.78 is 5.36. The zero-order chi connectivity index (χ0) is 18.5. The van der Waals surface area contributed by atoms with Gasteiger partial charge in [0.15, 0.2) is 0 Å². The van der Waals surface area contributed by atoms with E-state index in [1.165, 1.54) is 0 Å². The molecule has 6 nitrogen and oxygen atoms in total. The van der Waals surface area contributed by atoms with E-state index in [0.29, 0.717) is 33.9 Å². The van der Waals surface area contributed by atoms with Crippen LogP contribution in [0.25, 0.3) is 11.4 Å². The molecule has 1 aromatic heterocycles. The summed E-state index contributed by atoms with van der Waals surface area (Å²) in [6.07, 6.45) is 2.65. The van der Waals surface area contributed by atoms with Gasteiger partial charge in [0.25, 0.3) is 0 Å². The van der Waals surface area contributed by atoms with Gasteiger partial charge in [0.2, 0.25) is 17.6 Å². The molecule has 2 aromatic rings. The number of hydrogen-bond acceptors (Lipinski definition) is 5. The summed E-state index contributed by atoms with van der Waals surface area (Å²) in [5, 5.41) is 8.04. The van der Waals surface area contributed by atoms with Gasteiger partial charge in [-0.05, 0) is 50.6 Å². The van der Waals surface area contributed by atoms with Crippen LogP contribution in [0.4, 0.5) is 0 Å². The van der Waals surface area contributed by atoms with Crippen molar-refractivity contribution in [2.45, 2.75) is 32.7 Å². The average molecular weight is 397 g/mol. The first kappa shape index (κ1) is 19.1. The molecule has 0 aliphatic carbocycles. The third-order valence-corrected chi connectivity index (χ3v) is 5.05. The normalized spacial score (nSPS) is 16.0. The Balaban J connectivity index is 1.55. The van der Waals surface area contributed by atoms with Crippen LogP contribution in [0.15, 0.2) is 22.7 Å². The molecular weight excluding hydrogens is 375 g/mol. The lowest BCUT2D eigenvalue weighted by Gasteiger charge is -2.30. The van der Waals surface area contributed by atoms with Crippen molar-refractivity contribution >= 4 is 29.1 Å². The number of halogens is 2. The number of benzene rings is 1. The van der Waals surface area contributed by atoms with Crippen molar-refractivity contribution in [3.8, 4) is 11.4 Å². The van der Waals surface area contributed by atoms with Gasteiger partial charge in [-0.3, -0.25) is 9.69 Å². The smallest absolute Gasteiger partial charge is 0.241 e. The van der Waals surface area contributed by atoms with Crippen LogP contribution in [-0.2, 0) is 11.3 Å². The fourth-order valence-corrected chi connectivity index (χ4v) is 3.53. The van der Waals surface area contributed by atoms with E-state index < -0.39 is 0 Å². The molecule has 1 aliphatic heterocycles. The fourth-order valence-electron chi connectivity index (χ4n) is 3.04. The minimum atomic E-state index is 0.101. The zero-order valence-corrected chi connectivity index (χ0v) is 16.2. The van der Waals surface area contributed by atoms with E-state index >= 15 is 0 Å². The molecule has 140 valence electrons. The number of nitrogens with zero attached hydrogens (tertiary/aromatic N) is 3. The Morgan fingerprint density at radius 3 is 2.81 bits per heavy atom. The van der Waals surface area contributed by atoms with Crippen molar-refractivity contribution in [2.24, 2.45) is 5.92 Å². The van der Waals surface area contributed by atoms with Crippen LogP contribution in [0.2, 0.25) is 10.0 Å². The molecule has 3 rings (SSSR count). The number of piperidine rings is 1. The molecule has 8 heteroatoms. The van der Waals surface area contributed by atoms with Crippen LogP contribution in [0.1, 0.15) is 32.1 Å². The van der Waals surface area contributed by atoms with Crippen LogP contribution in [0, 0.1) is 5.92 Å². The molecule has 1 fully saturated rings. The van der Waals surface area contributed by atoms with Gasteiger partial charge in [-0.2, -0.15) is 4.98 Å². The summed E-state index contributed by atoms with van der Waals surface area (Å²) in [5.74, 6) is 1.27. The van der Waals surface area contributed by atoms with Gasteiger partial charge < -0.3 is 9.84 Å². The van der Waals surface area contributed by atoms with Gasteiger partial charge in [0.1, 0.15) is 0 Å². The van der Waals surface area contributed by atoms with E-state index in [1.54, 1.807) is 18.2 Å². The van der Waals surface area contributed by atoms with Crippen LogP contribution >= 0.6 is 23.2 Å². The Morgan fingerprint density at radius 1 is 1.35 bits per heavy atom. The van der Waals surface area contributed by atoms with Crippen molar-refractivity contribution in [1.29, 1.82) is 0 Å². The summed E-state index contributed by atoms with van der Waals surface area (Å²) >= 11 is 12.1. The van der Waals surface area contributed by atoms with Crippen molar-refractivity contribution in [2.75, 3.05) is 19.6 Å². The van der Waals surface area contributed by atoms with Gasteiger partial charge in [0.05, 0.1) is 11.6 Å². The highest BCUT2D eigenvalue weighted by molar-refractivity contribution is 6.36. The van der Waals surface area contributed by atoms with Crippen molar-refractivity contribution in [3.05, 3.63) is 34.1 Å². The van der Waals surface area contributed by atoms with E-state index in [0.717, 1.165) is 38.9 Å². The quantitative estimate of drug-likeness (QED) is 0.803. The second-order valence-corrected chi connectivity index (χ2v) is 7.32. The second kappa shape index (κ2) is 8.84. The van der Waals surface area contributed by atoms with Crippen molar-refractivity contribution in [1.82, 2.24) is 20.4 Å². The van der Waals surface area contributed by atoms with Gasteiger partial charge in [-0.15, -0.1) is 0 Å². The predicted molar refractivity (Wildman–Crippen MR) is 101 cm³/mol. The largest absolute Gasteiger partial charge is 0.356 e. The molecule has 0 unspecified atom stereocenters. The third-order valence-electron chi connectivity index (χ3n) is 4.51. The number of carbonyl (C=O) groups is 1. The number of rotatable bonds is 6. The highest BCUT2D eigenvalue weighted by atomic mass is 35.5. The lowest BCUT2D eigenvalue weighted by molar-refractivity contribution is -0.126. The lowest BCUT2D eigenvalue weighted by atomic mass is 9.96. The highest BCUT2D eigenvalue weighted by Gasteiger charge is 2.25. The second-order valence-electron chi connectivity index (χ2n) is 6.48. The molecule has 0 atom stereocenters. The third kappa shape index (κ3) is 4.75. The molecule has 1 amide bonds. The molecule has 0 bridgehead atoms. The Bertz CT molecular complexity index is 757. The highest BCUT2D eigenvalue weighted by Crippen LogP contribution is 2.28.